The fraction of sp³-hybridized carbons (Fsp3) is 0.125. The Labute approximate surface area is 87.5 Å². The Morgan fingerprint density at radius 3 is 2.62 bits per heavy atom. The molecule has 0 atom stereocenters. The van der Waals surface area contributed by atoms with Gasteiger partial charge in [0.15, 0.2) is 0 Å². The maximum Gasteiger partial charge on any atom is 0.337 e. The highest BCUT2D eigenvalue weighted by molar-refractivity contribution is 9.08. The van der Waals surface area contributed by atoms with Gasteiger partial charge in [0.25, 0.3) is 0 Å². The normalized spacial score (nSPS) is 10.1. The minimum absolute atomic E-state index is 0.0448. The van der Waals surface area contributed by atoms with Crippen LogP contribution in [0.2, 0.25) is 5.02 Å². The van der Waals surface area contributed by atoms with Crippen molar-refractivity contribution < 1.29 is 14.3 Å². The Balaban J connectivity index is 3.43. The third kappa shape index (κ3) is 2.00. The van der Waals surface area contributed by atoms with Gasteiger partial charge in [-0.3, -0.25) is 0 Å². The van der Waals surface area contributed by atoms with Gasteiger partial charge >= 0.3 is 5.97 Å². The summed E-state index contributed by atoms with van der Waals surface area (Å²) in [5.41, 5.74) is -0.112. The quantitative estimate of drug-likeness (QED) is 0.836. The molecule has 1 aromatic carbocycles. The Hall–Kier alpha value is -0.610. The highest BCUT2D eigenvalue weighted by atomic mass is 79.9. The molecule has 0 unspecified atom stereocenters. The van der Waals surface area contributed by atoms with Gasteiger partial charge < -0.3 is 5.11 Å². The van der Waals surface area contributed by atoms with Gasteiger partial charge in [-0.15, -0.1) is 0 Å². The summed E-state index contributed by atoms with van der Waals surface area (Å²) in [6.07, 6.45) is 0. The van der Waals surface area contributed by atoms with Crippen LogP contribution in [-0.2, 0) is 5.33 Å². The van der Waals surface area contributed by atoms with Crippen molar-refractivity contribution >= 4 is 33.5 Å². The van der Waals surface area contributed by atoms with E-state index in [1.807, 2.05) is 0 Å². The Bertz CT molecular complexity index is 354. The van der Waals surface area contributed by atoms with E-state index in [0.717, 1.165) is 6.07 Å². The van der Waals surface area contributed by atoms with Gasteiger partial charge in [-0.1, -0.05) is 27.5 Å². The number of alkyl halides is 1. The summed E-state index contributed by atoms with van der Waals surface area (Å²) in [6, 6.07) is 2.37. The first-order valence-electron chi connectivity index (χ1n) is 3.34. The zero-order valence-electron chi connectivity index (χ0n) is 6.35. The van der Waals surface area contributed by atoms with E-state index in [9.17, 15) is 9.18 Å². The maximum atomic E-state index is 13.0. The standard InChI is InChI=1S/C8H5BrClFO2/c9-3-4-6(11)2-1-5(10)7(4)8(12)13/h1-2H,3H2,(H,12,13). The monoisotopic (exact) mass is 266 g/mol. The van der Waals surface area contributed by atoms with Crippen molar-refractivity contribution in [3.05, 3.63) is 34.1 Å². The zero-order chi connectivity index (χ0) is 10.0. The number of hydrogen-bond donors (Lipinski definition) is 1. The molecule has 0 amide bonds. The number of hydrogen-bond acceptors (Lipinski definition) is 1. The number of carboxylic acid groups (broad SMARTS) is 1. The van der Waals surface area contributed by atoms with Gasteiger partial charge in [0, 0.05) is 10.9 Å². The maximum absolute atomic E-state index is 13.0. The van der Waals surface area contributed by atoms with Crippen LogP contribution in [0.4, 0.5) is 4.39 Å². The highest BCUT2D eigenvalue weighted by Crippen LogP contribution is 2.24. The van der Waals surface area contributed by atoms with E-state index in [-0.39, 0.29) is 21.5 Å². The number of halogens is 3. The first-order chi connectivity index (χ1) is 6.07. The van der Waals surface area contributed by atoms with Crippen molar-refractivity contribution in [1.29, 1.82) is 0 Å². The smallest absolute Gasteiger partial charge is 0.337 e. The van der Waals surface area contributed by atoms with Crippen LogP contribution in [0, 0.1) is 5.82 Å². The molecule has 0 spiro atoms. The molecule has 0 aliphatic rings. The molecule has 13 heavy (non-hydrogen) atoms. The van der Waals surface area contributed by atoms with Crippen molar-refractivity contribution in [3.63, 3.8) is 0 Å². The molecule has 0 saturated heterocycles. The first-order valence-corrected chi connectivity index (χ1v) is 4.84. The molecule has 0 aromatic heterocycles. The lowest BCUT2D eigenvalue weighted by Gasteiger charge is -2.05. The fourth-order valence-corrected chi connectivity index (χ4v) is 1.76. The molecule has 0 saturated carbocycles. The van der Waals surface area contributed by atoms with Crippen molar-refractivity contribution in [2.75, 3.05) is 0 Å². The summed E-state index contributed by atoms with van der Waals surface area (Å²) < 4.78 is 13.0. The predicted molar refractivity (Wildman–Crippen MR) is 51.0 cm³/mol. The highest BCUT2D eigenvalue weighted by Gasteiger charge is 2.17. The van der Waals surface area contributed by atoms with Crippen LogP contribution < -0.4 is 0 Å². The average Bonchev–Trinajstić information content (AvgIpc) is 2.07. The molecule has 0 radical (unpaired) electrons. The van der Waals surface area contributed by atoms with Crippen molar-refractivity contribution in [3.8, 4) is 0 Å². The molecule has 1 N–H and O–H groups in total. The number of aromatic carboxylic acids is 1. The van der Waals surface area contributed by atoms with Crippen LogP contribution in [0.3, 0.4) is 0 Å². The Kier molecular flexibility index (Phi) is 3.27. The summed E-state index contributed by atoms with van der Waals surface area (Å²) in [5.74, 6) is -1.79. The van der Waals surface area contributed by atoms with Crippen LogP contribution in [0.1, 0.15) is 15.9 Å². The molecule has 2 nitrogen and oxygen atoms in total. The summed E-state index contributed by atoms with van der Waals surface area (Å²) in [7, 11) is 0. The lowest BCUT2D eigenvalue weighted by atomic mass is 10.1. The molecular formula is C8H5BrClFO2. The third-order valence-electron chi connectivity index (χ3n) is 1.55. The van der Waals surface area contributed by atoms with Gasteiger partial charge in [-0.25, -0.2) is 9.18 Å². The molecule has 0 aliphatic heterocycles. The van der Waals surface area contributed by atoms with Crippen LogP contribution in [0.5, 0.6) is 0 Å². The summed E-state index contributed by atoms with van der Waals surface area (Å²) in [4.78, 5) is 10.7. The molecule has 70 valence electrons. The minimum atomic E-state index is -1.22. The molecular weight excluding hydrogens is 262 g/mol. The van der Waals surface area contributed by atoms with Crippen molar-refractivity contribution in [1.82, 2.24) is 0 Å². The van der Waals surface area contributed by atoms with Crippen LogP contribution in [0.15, 0.2) is 12.1 Å². The molecule has 0 aliphatic carbocycles. The van der Waals surface area contributed by atoms with Gasteiger partial charge in [0.2, 0.25) is 0 Å². The molecule has 1 rings (SSSR count). The zero-order valence-corrected chi connectivity index (χ0v) is 8.69. The number of rotatable bonds is 2. The fourth-order valence-electron chi connectivity index (χ4n) is 0.956. The number of carboxylic acids is 1. The van der Waals surface area contributed by atoms with Crippen LogP contribution in [0.25, 0.3) is 0 Å². The molecule has 0 heterocycles. The second kappa shape index (κ2) is 4.07. The van der Waals surface area contributed by atoms with E-state index in [1.165, 1.54) is 6.07 Å². The first kappa shape index (κ1) is 10.5. The largest absolute Gasteiger partial charge is 0.478 e. The number of benzene rings is 1. The van der Waals surface area contributed by atoms with E-state index in [1.54, 1.807) is 0 Å². The van der Waals surface area contributed by atoms with Gasteiger partial charge in [-0.2, -0.15) is 0 Å². The van der Waals surface area contributed by atoms with Crippen LogP contribution >= 0.6 is 27.5 Å². The summed E-state index contributed by atoms with van der Waals surface area (Å²) in [5, 5.41) is 8.90. The van der Waals surface area contributed by atoms with Gasteiger partial charge in [-0.05, 0) is 12.1 Å². The van der Waals surface area contributed by atoms with Crippen molar-refractivity contribution in [2.45, 2.75) is 5.33 Å². The minimum Gasteiger partial charge on any atom is -0.478 e. The van der Waals surface area contributed by atoms with Gasteiger partial charge in [0.1, 0.15) is 5.82 Å². The SMILES string of the molecule is O=C(O)c1c(Cl)ccc(F)c1CBr. The van der Waals surface area contributed by atoms with E-state index < -0.39 is 11.8 Å². The third-order valence-corrected chi connectivity index (χ3v) is 2.43. The molecule has 0 bridgehead atoms. The summed E-state index contributed by atoms with van der Waals surface area (Å²) in [6.45, 7) is 0. The second-order valence-electron chi connectivity index (χ2n) is 2.32. The lowest BCUT2D eigenvalue weighted by Crippen LogP contribution is -2.04. The van der Waals surface area contributed by atoms with E-state index in [4.69, 9.17) is 16.7 Å². The van der Waals surface area contributed by atoms with Crippen LogP contribution in [-0.4, -0.2) is 11.1 Å². The predicted octanol–water partition coefficient (Wildman–Crippen LogP) is 3.07. The van der Waals surface area contributed by atoms with E-state index >= 15 is 0 Å². The topological polar surface area (TPSA) is 37.3 Å². The van der Waals surface area contributed by atoms with Gasteiger partial charge in [0.05, 0.1) is 10.6 Å². The molecule has 0 fully saturated rings. The van der Waals surface area contributed by atoms with E-state index in [2.05, 4.69) is 15.9 Å². The average molecular weight is 267 g/mol. The lowest BCUT2D eigenvalue weighted by molar-refractivity contribution is 0.0695. The molecule has 5 heteroatoms. The second-order valence-corrected chi connectivity index (χ2v) is 3.29. The Morgan fingerprint density at radius 1 is 1.62 bits per heavy atom. The summed E-state index contributed by atoms with van der Waals surface area (Å²) >= 11 is 8.61. The molecule has 1 aromatic rings. The van der Waals surface area contributed by atoms with Crippen molar-refractivity contribution in [2.24, 2.45) is 0 Å². The number of carbonyl (C=O) groups is 1. The Morgan fingerprint density at radius 2 is 2.23 bits per heavy atom. The van der Waals surface area contributed by atoms with E-state index in [0.29, 0.717) is 0 Å².